The van der Waals surface area contributed by atoms with Gasteiger partial charge in [-0.2, -0.15) is 4.31 Å². The number of piperazine rings is 1. The van der Waals surface area contributed by atoms with Crippen molar-refractivity contribution in [2.24, 2.45) is 0 Å². The molecular formula is C27H38N4O6S. The van der Waals surface area contributed by atoms with Gasteiger partial charge in [0.2, 0.25) is 15.9 Å². The van der Waals surface area contributed by atoms with Gasteiger partial charge in [-0.15, -0.1) is 0 Å². The largest absolute Gasteiger partial charge is 0.497 e. The molecule has 0 unspecified atom stereocenters. The van der Waals surface area contributed by atoms with Crippen molar-refractivity contribution < 1.29 is 27.4 Å². The fraction of sp³-hybridized carbons (Fsp3) is 0.519. The highest BCUT2D eigenvalue weighted by Crippen LogP contribution is 2.31. The lowest BCUT2D eigenvalue weighted by Crippen LogP contribution is -2.49. The van der Waals surface area contributed by atoms with Crippen LogP contribution in [-0.4, -0.2) is 102 Å². The van der Waals surface area contributed by atoms with Gasteiger partial charge in [0.05, 0.1) is 14.2 Å². The summed E-state index contributed by atoms with van der Waals surface area (Å²) in [4.78, 5) is 16.0. The van der Waals surface area contributed by atoms with Gasteiger partial charge in [-0.1, -0.05) is 12.1 Å². The number of carbonyl (C=O) groups excluding carboxylic acids is 1. The Kier molecular flexibility index (Phi) is 9.48. The number of rotatable bonds is 12. The van der Waals surface area contributed by atoms with Gasteiger partial charge in [0.15, 0.2) is 0 Å². The van der Waals surface area contributed by atoms with E-state index in [1.54, 1.807) is 12.1 Å². The normalized spacial score (nSPS) is 18.9. The molecule has 2 aromatic carbocycles. The molecule has 2 aliphatic rings. The topological polar surface area (TPSA) is 101 Å². The molecule has 0 spiro atoms. The molecule has 2 aliphatic heterocycles. The molecule has 1 atom stereocenters. The number of methoxy groups -OCH3 is 2. The van der Waals surface area contributed by atoms with Crippen LogP contribution in [-0.2, 0) is 21.4 Å². The first kappa shape index (κ1) is 28.2. The summed E-state index contributed by atoms with van der Waals surface area (Å²) in [5.41, 5.74) is 1.15. The van der Waals surface area contributed by atoms with E-state index in [0.29, 0.717) is 57.3 Å². The number of hydrogen-bond acceptors (Lipinski definition) is 8. The number of benzene rings is 2. The molecule has 0 radical (unpaired) electrons. The minimum absolute atomic E-state index is 0.120. The fourth-order valence-electron chi connectivity index (χ4n) is 4.91. The third-order valence-corrected chi connectivity index (χ3v) is 8.88. The maximum absolute atomic E-state index is 13.3. The highest BCUT2D eigenvalue weighted by molar-refractivity contribution is 7.89. The summed E-state index contributed by atoms with van der Waals surface area (Å²) < 4.78 is 44.6. The number of ether oxygens (including phenoxy) is 3. The van der Waals surface area contributed by atoms with Crippen LogP contribution in [0, 0.1) is 0 Å². The highest BCUT2D eigenvalue weighted by Gasteiger charge is 2.31. The van der Waals surface area contributed by atoms with Crippen LogP contribution in [0.25, 0.3) is 0 Å². The predicted octanol–water partition coefficient (Wildman–Crippen LogP) is 1.80. The Bertz CT molecular complexity index is 1200. The molecule has 2 saturated heterocycles. The predicted molar refractivity (Wildman–Crippen MR) is 144 cm³/mol. The Balaban J connectivity index is 1.23. The molecule has 0 aromatic heterocycles. The smallest absolute Gasteiger partial charge is 0.246 e. The molecule has 2 aromatic rings. The second-order valence-corrected chi connectivity index (χ2v) is 11.7. The van der Waals surface area contributed by atoms with E-state index in [4.69, 9.17) is 14.2 Å². The Hall–Kier alpha value is -2.86. The maximum atomic E-state index is 13.3. The summed E-state index contributed by atoms with van der Waals surface area (Å²) in [5, 5.41) is 3.01. The fourth-order valence-corrected chi connectivity index (χ4v) is 6.50. The molecule has 11 heteroatoms. The first-order valence-electron chi connectivity index (χ1n) is 12.9. The number of sulfonamides is 1. The molecule has 1 amide bonds. The summed E-state index contributed by atoms with van der Waals surface area (Å²) in [6.45, 7) is 4.86. The zero-order chi connectivity index (χ0) is 27.1. The number of likely N-dealkylation sites (N-methyl/N-ethyl adjacent to an activating group) is 1. The van der Waals surface area contributed by atoms with Crippen molar-refractivity contribution in [3.05, 3.63) is 48.0 Å². The van der Waals surface area contributed by atoms with Crippen molar-refractivity contribution >= 4 is 15.9 Å². The van der Waals surface area contributed by atoms with Gasteiger partial charge in [0.1, 0.15) is 28.8 Å². The van der Waals surface area contributed by atoms with Crippen molar-refractivity contribution in [2.75, 3.05) is 67.1 Å². The Labute approximate surface area is 225 Å². The number of carbonyl (C=O) groups is 1. The van der Waals surface area contributed by atoms with Gasteiger partial charge in [-0.25, -0.2) is 8.42 Å². The first-order chi connectivity index (χ1) is 18.3. The third kappa shape index (κ3) is 7.16. The standard InChI is InChI=1S/C27H38N4O6S/c1-29(20-22-7-10-27(32)28-22)19-21-5-4-6-24(17-21)37-16-15-30-11-13-31(14-12-30)38(33,34)26-18-23(35-2)8-9-25(26)36-3/h4-6,8-9,17-18,22H,7,10-16,19-20H2,1-3H3,(H,28,32)/t22-/m0/s1. The van der Waals surface area contributed by atoms with E-state index in [-0.39, 0.29) is 16.8 Å². The molecule has 1 N–H and O–H groups in total. The van der Waals surface area contributed by atoms with Crippen LogP contribution < -0.4 is 19.5 Å². The van der Waals surface area contributed by atoms with Crippen molar-refractivity contribution in [3.8, 4) is 17.2 Å². The average molecular weight is 547 g/mol. The van der Waals surface area contributed by atoms with E-state index in [9.17, 15) is 13.2 Å². The highest BCUT2D eigenvalue weighted by atomic mass is 32.2. The minimum Gasteiger partial charge on any atom is -0.497 e. The second-order valence-electron chi connectivity index (χ2n) is 9.76. The van der Waals surface area contributed by atoms with Crippen molar-refractivity contribution in [1.29, 1.82) is 0 Å². The lowest BCUT2D eigenvalue weighted by atomic mass is 10.1. The van der Waals surface area contributed by atoms with Gasteiger partial charge in [-0.05, 0) is 43.3 Å². The van der Waals surface area contributed by atoms with E-state index in [1.165, 1.54) is 24.6 Å². The van der Waals surface area contributed by atoms with Gasteiger partial charge < -0.3 is 24.4 Å². The zero-order valence-electron chi connectivity index (χ0n) is 22.4. The van der Waals surface area contributed by atoms with E-state index >= 15 is 0 Å². The summed E-state index contributed by atoms with van der Waals surface area (Å²) >= 11 is 0. The summed E-state index contributed by atoms with van der Waals surface area (Å²) in [7, 11) is 1.32. The second kappa shape index (κ2) is 12.8. The van der Waals surface area contributed by atoms with Crippen LogP contribution in [0.1, 0.15) is 18.4 Å². The van der Waals surface area contributed by atoms with E-state index < -0.39 is 10.0 Å². The first-order valence-corrected chi connectivity index (χ1v) is 14.4. The lowest BCUT2D eigenvalue weighted by molar-refractivity contribution is -0.119. The molecule has 208 valence electrons. The van der Waals surface area contributed by atoms with E-state index in [2.05, 4.69) is 34.3 Å². The van der Waals surface area contributed by atoms with Crippen LogP contribution in [0.15, 0.2) is 47.4 Å². The van der Waals surface area contributed by atoms with E-state index in [0.717, 1.165) is 30.8 Å². The molecule has 0 aliphatic carbocycles. The molecular weight excluding hydrogens is 508 g/mol. The molecule has 38 heavy (non-hydrogen) atoms. The number of nitrogens with zero attached hydrogens (tertiary/aromatic N) is 3. The minimum atomic E-state index is -3.70. The van der Waals surface area contributed by atoms with Crippen LogP contribution >= 0.6 is 0 Å². The number of amides is 1. The lowest BCUT2D eigenvalue weighted by Gasteiger charge is -2.34. The molecule has 4 rings (SSSR count). The number of hydrogen-bond donors (Lipinski definition) is 1. The van der Waals surface area contributed by atoms with Gasteiger partial charge in [0, 0.05) is 64.3 Å². The van der Waals surface area contributed by atoms with Crippen molar-refractivity contribution in [3.63, 3.8) is 0 Å². The average Bonchev–Trinajstić information content (AvgIpc) is 3.32. The van der Waals surface area contributed by atoms with E-state index in [1.807, 2.05) is 12.1 Å². The van der Waals surface area contributed by atoms with Crippen LogP contribution in [0.2, 0.25) is 0 Å². The van der Waals surface area contributed by atoms with Gasteiger partial charge in [0.25, 0.3) is 0 Å². The molecule has 10 nitrogen and oxygen atoms in total. The quantitative estimate of drug-likeness (QED) is 0.430. The van der Waals surface area contributed by atoms with Crippen molar-refractivity contribution in [2.45, 2.75) is 30.3 Å². The molecule has 2 fully saturated rings. The Morgan fingerprint density at radius 3 is 2.50 bits per heavy atom. The molecule has 0 saturated carbocycles. The summed E-state index contributed by atoms with van der Waals surface area (Å²) in [5.74, 6) is 1.73. The monoisotopic (exact) mass is 546 g/mol. The van der Waals surface area contributed by atoms with Crippen LogP contribution in [0.4, 0.5) is 0 Å². The Morgan fingerprint density at radius 1 is 1.03 bits per heavy atom. The Morgan fingerprint density at radius 2 is 1.82 bits per heavy atom. The SMILES string of the molecule is COc1ccc(OC)c(S(=O)(=O)N2CCN(CCOc3cccc(CN(C)C[C@@H]4CCC(=O)N4)c3)CC2)c1. The summed E-state index contributed by atoms with van der Waals surface area (Å²) in [6.07, 6.45) is 1.51. The maximum Gasteiger partial charge on any atom is 0.246 e. The summed E-state index contributed by atoms with van der Waals surface area (Å²) in [6, 6.07) is 13.1. The molecule has 2 heterocycles. The van der Waals surface area contributed by atoms with Crippen LogP contribution in [0.5, 0.6) is 17.2 Å². The van der Waals surface area contributed by atoms with Gasteiger partial charge in [-0.3, -0.25) is 9.69 Å². The number of nitrogens with one attached hydrogen (secondary N) is 1. The molecule has 0 bridgehead atoms. The zero-order valence-corrected chi connectivity index (χ0v) is 23.2. The van der Waals surface area contributed by atoms with Crippen molar-refractivity contribution in [1.82, 2.24) is 19.4 Å². The third-order valence-electron chi connectivity index (χ3n) is 6.96. The van der Waals surface area contributed by atoms with Gasteiger partial charge >= 0.3 is 0 Å². The van der Waals surface area contributed by atoms with Crippen LogP contribution in [0.3, 0.4) is 0 Å².